The van der Waals surface area contributed by atoms with Gasteiger partial charge in [0.1, 0.15) is 0 Å². The Kier molecular flexibility index (Phi) is 4.55. The zero-order chi connectivity index (χ0) is 14.7. The van der Waals surface area contributed by atoms with Gasteiger partial charge in [-0.1, -0.05) is 6.92 Å². The number of aromatic amines is 1. The van der Waals surface area contributed by atoms with Gasteiger partial charge in [0.2, 0.25) is 0 Å². The van der Waals surface area contributed by atoms with Gasteiger partial charge in [-0.3, -0.25) is 14.7 Å². The predicted molar refractivity (Wildman–Crippen MR) is 75.9 cm³/mol. The fourth-order valence-electron chi connectivity index (χ4n) is 1.51. The van der Waals surface area contributed by atoms with Gasteiger partial charge in [0, 0.05) is 23.3 Å². The van der Waals surface area contributed by atoms with E-state index >= 15 is 0 Å². The smallest absolute Gasteiger partial charge is 0.270 e. The highest BCUT2D eigenvalue weighted by Crippen LogP contribution is 2.32. The standard InChI is InChI=1S/C10H10BrN5O3S/c1-2-3-15-9(17)13-14-10(15)20-8-7(16(18)19)4-6(11)5-12-8/h4-5H,2-3H2,1H3,(H,13,17). The summed E-state index contributed by atoms with van der Waals surface area (Å²) in [5, 5.41) is 17.8. The Balaban J connectivity index is 2.40. The zero-order valence-electron chi connectivity index (χ0n) is 10.4. The van der Waals surface area contributed by atoms with Crippen LogP contribution >= 0.6 is 27.7 Å². The van der Waals surface area contributed by atoms with Crippen molar-refractivity contribution in [1.29, 1.82) is 0 Å². The highest BCUT2D eigenvalue weighted by Gasteiger charge is 2.20. The summed E-state index contributed by atoms with van der Waals surface area (Å²) < 4.78 is 1.94. The van der Waals surface area contributed by atoms with Crippen molar-refractivity contribution in [3.8, 4) is 0 Å². The third-order valence-corrected chi connectivity index (χ3v) is 3.79. The van der Waals surface area contributed by atoms with E-state index in [1.165, 1.54) is 16.8 Å². The Bertz CT molecular complexity index is 698. The number of halogens is 1. The maximum absolute atomic E-state index is 11.6. The van der Waals surface area contributed by atoms with Crippen LogP contribution in [0.1, 0.15) is 13.3 Å². The number of rotatable bonds is 5. The molecule has 1 N–H and O–H groups in total. The van der Waals surface area contributed by atoms with Crippen molar-refractivity contribution in [1.82, 2.24) is 19.7 Å². The monoisotopic (exact) mass is 359 g/mol. The molecule has 10 heteroatoms. The Morgan fingerprint density at radius 3 is 3.00 bits per heavy atom. The number of aromatic nitrogens is 4. The van der Waals surface area contributed by atoms with E-state index in [1.807, 2.05) is 6.92 Å². The van der Waals surface area contributed by atoms with Gasteiger partial charge < -0.3 is 0 Å². The van der Waals surface area contributed by atoms with Crippen LogP contribution in [0.15, 0.2) is 31.7 Å². The van der Waals surface area contributed by atoms with Crippen LogP contribution in [0.3, 0.4) is 0 Å². The Morgan fingerprint density at radius 2 is 2.35 bits per heavy atom. The van der Waals surface area contributed by atoms with Crippen molar-refractivity contribution in [2.75, 3.05) is 0 Å². The molecule has 0 fully saturated rings. The fraction of sp³-hybridized carbons (Fsp3) is 0.300. The molecule has 0 amide bonds. The van der Waals surface area contributed by atoms with Crippen LogP contribution in [-0.4, -0.2) is 24.7 Å². The third kappa shape index (κ3) is 3.07. The van der Waals surface area contributed by atoms with E-state index in [0.717, 1.165) is 18.2 Å². The number of hydrogen-bond acceptors (Lipinski definition) is 6. The summed E-state index contributed by atoms with van der Waals surface area (Å²) in [6.07, 6.45) is 2.22. The maximum atomic E-state index is 11.6. The lowest BCUT2D eigenvalue weighted by Crippen LogP contribution is -2.17. The molecule has 2 aromatic heterocycles. The summed E-state index contributed by atoms with van der Waals surface area (Å²) in [6, 6.07) is 1.37. The first-order chi connectivity index (χ1) is 9.52. The molecule has 2 aromatic rings. The van der Waals surface area contributed by atoms with E-state index in [9.17, 15) is 14.9 Å². The molecule has 0 aliphatic rings. The van der Waals surface area contributed by atoms with Gasteiger partial charge in [0.05, 0.1) is 4.92 Å². The summed E-state index contributed by atoms with van der Waals surface area (Å²) in [7, 11) is 0. The largest absolute Gasteiger partial charge is 0.343 e. The highest BCUT2D eigenvalue weighted by atomic mass is 79.9. The summed E-state index contributed by atoms with van der Waals surface area (Å²) >= 11 is 4.13. The molecule has 0 unspecified atom stereocenters. The second-order valence-electron chi connectivity index (χ2n) is 3.80. The minimum Gasteiger partial charge on any atom is -0.270 e. The van der Waals surface area contributed by atoms with E-state index in [0.29, 0.717) is 16.2 Å². The first-order valence-corrected chi connectivity index (χ1v) is 7.27. The molecule has 0 atom stereocenters. The van der Waals surface area contributed by atoms with Gasteiger partial charge in [0.15, 0.2) is 10.2 Å². The van der Waals surface area contributed by atoms with Crippen molar-refractivity contribution >= 4 is 33.4 Å². The van der Waals surface area contributed by atoms with Crippen LogP contribution < -0.4 is 5.69 Å². The van der Waals surface area contributed by atoms with Gasteiger partial charge >= 0.3 is 11.4 Å². The predicted octanol–water partition coefficient (Wildman–Crippen LogP) is 2.20. The van der Waals surface area contributed by atoms with Gasteiger partial charge in [0.25, 0.3) is 0 Å². The van der Waals surface area contributed by atoms with Crippen LogP contribution in [-0.2, 0) is 6.54 Å². The normalized spacial score (nSPS) is 10.7. The third-order valence-electron chi connectivity index (χ3n) is 2.35. The van der Waals surface area contributed by atoms with E-state index < -0.39 is 4.92 Å². The number of hydrogen-bond donors (Lipinski definition) is 1. The van der Waals surface area contributed by atoms with Crippen LogP contribution in [0, 0.1) is 10.1 Å². The molecular formula is C10H10BrN5O3S. The molecule has 106 valence electrons. The Labute approximate surface area is 125 Å². The lowest BCUT2D eigenvalue weighted by molar-refractivity contribution is -0.388. The summed E-state index contributed by atoms with van der Waals surface area (Å²) in [5.41, 5.74) is -0.475. The summed E-state index contributed by atoms with van der Waals surface area (Å²) in [4.78, 5) is 26.1. The van der Waals surface area contributed by atoms with E-state index in [2.05, 4.69) is 31.1 Å². The van der Waals surface area contributed by atoms with Crippen molar-refractivity contribution in [2.45, 2.75) is 30.1 Å². The Morgan fingerprint density at radius 1 is 1.60 bits per heavy atom. The van der Waals surface area contributed by atoms with Crippen molar-refractivity contribution in [3.63, 3.8) is 0 Å². The maximum Gasteiger partial charge on any atom is 0.343 e. The number of nitrogens with one attached hydrogen (secondary N) is 1. The van der Waals surface area contributed by atoms with Crippen molar-refractivity contribution in [3.05, 3.63) is 37.3 Å². The molecule has 0 aliphatic heterocycles. The molecule has 0 spiro atoms. The van der Waals surface area contributed by atoms with Crippen LogP contribution in [0.5, 0.6) is 0 Å². The fourth-order valence-corrected chi connectivity index (χ4v) is 2.73. The average Bonchev–Trinajstić information content (AvgIpc) is 2.74. The number of nitrogens with zero attached hydrogens (tertiary/aromatic N) is 4. The quantitative estimate of drug-likeness (QED) is 0.647. The molecule has 2 heterocycles. The van der Waals surface area contributed by atoms with E-state index in [-0.39, 0.29) is 16.4 Å². The van der Waals surface area contributed by atoms with Crippen LogP contribution in [0.4, 0.5) is 5.69 Å². The number of H-pyrrole nitrogens is 1. The molecule has 0 saturated carbocycles. The molecule has 0 aliphatic carbocycles. The first kappa shape index (κ1) is 14.7. The van der Waals surface area contributed by atoms with Crippen LogP contribution in [0.2, 0.25) is 0 Å². The van der Waals surface area contributed by atoms with Crippen molar-refractivity contribution < 1.29 is 4.92 Å². The van der Waals surface area contributed by atoms with Crippen LogP contribution in [0.25, 0.3) is 0 Å². The lowest BCUT2D eigenvalue weighted by Gasteiger charge is -2.03. The number of pyridine rings is 1. The molecule has 20 heavy (non-hydrogen) atoms. The topological polar surface area (TPSA) is 107 Å². The van der Waals surface area contributed by atoms with Crippen molar-refractivity contribution in [2.24, 2.45) is 0 Å². The first-order valence-electron chi connectivity index (χ1n) is 5.66. The van der Waals surface area contributed by atoms with Gasteiger partial charge in [-0.25, -0.2) is 14.9 Å². The molecular weight excluding hydrogens is 350 g/mol. The second-order valence-corrected chi connectivity index (χ2v) is 5.67. The Hall–Kier alpha value is -1.68. The molecule has 0 radical (unpaired) electrons. The zero-order valence-corrected chi connectivity index (χ0v) is 12.8. The second kappa shape index (κ2) is 6.18. The average molecular weight is 360 g/mol. The highest BCUT2D eigenvalue weighted by molar-refractivity contribution is 9.10. The molecule has 0 saturated heterocycles. The van der Waals surface area contributed by atoms with E-state index in [4.69, 9.17) is 0 Å². The SMILES string of the molecule is CCCn1c(Sc2ncc(Br)cc2[N+](=O)[O-])n[nH]c1=O. The van der Waals surface area contributed by atoms with Gasteiger partial charge in [-0.15, -0.1) is 5.10 Å². The minimum atomic E-state index is -0.519. The summed E-state index contributed by atoms with van der Waals surface area (Å²) in [5.74, 6) is 0. The molecule has 2 rings (SSSR count). The lowest BCUT2D eigenvalue weighted by atomic mass is 10.4. The molecule has 0 bridgehead atoms. The number of nitro groups is 1. The minimum absolute atomic E-state index is 0.136. The van der Waals surface area contributed by atoms with E-state index in [1.54, 1.807) is 0 Å². The molecule has 0 aromatic carbocycles. The molecule has 8 nitrogen and oxygen atoms in total. The van der Waals surface area contributed by atoms with Gasteiger partial charge in [-0.2, -0.15) is 0 Å². The summed E-state index contributed by atoms with van der Waals surface area (Å²) in [6.45, 7) is 2.41. The van der Waals surface area contributed by atoms with Gasteiger partial charge in [-0.05, 0) is 34.1 Å².